The van der Waals surface area contributed by atoms with Crippen LogP contribution in [0.4, 0.5) is 22.0 Å². The number of alkyl halides is 3. The number of methoxy groups -OCH3 is 2. The van der Waals surface area contributed by atoms with Gasteiger partial charge in [-0.05, 0) is 173 Å². The number of hydrogen-bond donors (Lipinski definition) is 0. The number of likely N-dealkylation sites (tertiary alicyclic amines) is 3. The van der Waals surface area contributed by atoms with Crippen molar-refractivity contribution >= 4 is 17.7 Å². The van der Waals surface area contributed by atoms with Gasteiger partial charge >= 0.3 is 6.18 Å². The number of carbonyl (C=O) groups excluding carboxylic acids is 3. The first-order valence-corrected chi connectivity index (χ1v) is 33.9. The van der Waals surface area contributed by atoms with E-state index in [0.29, 0.717) is 113 Å². The predicted octanol–water partition coefficient (Wildman–Crippen LogP) is 15.8. The van der Waals surface area contributed by atoms with E-state index in [1.54, 1.807) is 63.3 Å². The summed E-state index contributed by atoms with van der Waals surface area (Å²) in [6.45, 7) is 14.7. The molecule has 0 radical (unpaired) electrons. The largest absolute Gasteiger partial charge is 0.493 e. The Morgan fingerprint density at radius 1 is 0.510 bits per heavy atom. The molecular weight excluding hydrogens is 1290 g/mol. The molecule has 16 nitrogen and oxygen atoms in total. The van der Waals surface area contributed by atoms with Crippen molar-refractivity contribution in [3.63, 3.8) is 0 Å². The van der Waals surface area contributed by atoms with E-state index in [0.717, 1.165) is 63.5 Å². The number of nitrogens with zero attached hydrogens (tertiary/aromatic N) is 6. The molecule has 9 aromatic rings. The molecule has 0 bridgehead atoms. The molecule has 0 unspecified atom stereocenters. The predicted molar refractivity (Wildman–Crippen MR) is 367 cm³/mol. The molecule has 522 valence electrons. The van der Waals surface area contributed by atoms with Crippen LogP contribution in [0, 0.1) is 18.6 Å². The van der Waals surface area contributed by atoms with Gasteiger partial charge in [-0.2, -0.15) is 13.2 Å². The lowest BCUT2D eigenvalue weighted by Gasteiger charge is -2.45. The number of halogens is 5. The smallest absolute Gasteiger partial charge is 0.419 e. The molecule has 3 aromatic heterocycles. The van der Waals surface area contributed by atoms with E-state index in [1.807, 2.05) is 109 Å². The van der Waals surface area contributed by atoms with Gasteiger partial charge in [0, 0.05) is 132 Å². The number of piperidine rings is 3. The Kier molecular flexibility index (Phi) is 18.7. The molecule has 3 fully saturated rings. The number of benzene rings is 6. The Balaban J connectivity index is 0.000000135. The van der Waals surface area contributed by atoms with Crippen molar-refractivity contribution in [2.24, 2.45) is 0 Å². The summed E-state index contributed by atoms with van der Waals surface area (Å²) < 4.78 is 116. The third-order valence-electron chi connectivity index (χ3n) is 20.0. The first kappa shape index (κ1) is 68.5. The van der Waals surface area contributed by atoms with Crippen LogP contribution in [-0.4, -0.2) is 118 Å². The van der Waals surface area contributed by atoms with Crippen molar-refractivity contribution in [3.05, 3.63) is 232 Å². The highest BCUT2D eigenvalue weighted by Crippen LogP contribution is 2.49. The van der Waals surface area contributed by atoms with Gasteiger partial charge in [0.1, 0.15) is 41.2 Å². The highest BCUT2D eigenvalue weighted by molar-refractivity contribution is 5.96. The molecule has 0 atom stereocenters. The molecule has 3 spiro atoms. The van der Waals surface area contributed by atoms with Crippen LogP contribution in [0.1, 0.15) is 138 Å². The lowest BCUT2D eigenvalue weighted by molar-refractivity contribution is -0.139. The van der Waals surface area contributed by atoms with E-state index >= 15 is 0 Å². The number of rotatable bonds is 11. The molecule has 3 saturated heterocycles. The van der Waals surface area contributed by atoms with Crippen LogP contribution in [0.25, 0.3) is 17.1 Å². The first-order valence-electron chi connectivity index (χ1n) is 33.9. The Morgan fingerprint density at radius 3 is 1.38 bits per heavy atom. The van der Waals surface area contributed by atoms with Crippen molar-refractivity contribution in [1.82, 2.24) is 28.4 Å². The van der Waals surface area contributed by atoms with Gasteiger partial charge in [-0.3, -0.25) is 14.4 Å². The third kappa shape index (κ3) is 13.3. The maximum atomic E-state index is 14.0. The Bertz CT molecular complexity index is 4530. The van der Waals surface area contributed by atoms with Crippen LogP contribution in [0.15, 0.2) is 170 Å². The lowest BCUT2D eigenvalue weighted by atomic mass is 9.86. The summed E-state index contributed by atoms with van der Waals surface area (Å²) in [7, 11) is 3.19. The van der Waals surface area contributed by atoms with Crippen LogP contribution in [0.3, 0.4) is 0 Å². The second-order valence-corrected chi connectivity index (χ2v) is 27.1. The maximum Gasteiger partial charge on any atom is 0.419 e. The molecule has 0 N–H and O–H groups in total. The number of amides is 3. The summed E-state index contributed by atoms with van der Waals surface area (Å²) in [5.74, 6) is 1.55. The van der Waals surface area contributed by atoms with E-state index in [2.05, 4.69) is 39.7 Å². The van der Waals surface area contributed by atoms with E-state index < -0.39 is 46.2 Å². The topological polar surface area (TPSA) is 140 Å². The highest BCUT2D eigenvalue weighted by Gasteiger charge is 2.48. The van der Waals surface area contributed by atoms with Gasteiger partial charge in [-0.25, -0.2) is 8.78 Å². The molecule has 0 saturated carbocycles. The molecule has 100 heavy (non-hydrogen) atoms. The standard InChI is InChI=1S/C28H31FN2O5.C26H25F3N2O3.C25H25FN2O2/c1-27(2,34-4)18-35-22-10-7-19(16-24(22)33-3)26(32)30-14-11-28(12-15-30)25-6-5-13-31(25)21-9-8-20(29)17-23(21)36-28;1-17(2)33-21-10-9-18(16-19(21)26(27,28)29)24(32)30-14-11-25(12-15-30)23-8-5-13-31(23)20-6-3-4-7-22(20)34-25;1-3-18-6-7-19(15-17(18)2)24(29)27-13-10-25(11-14-27)23-5-4-12-28(23)21-9-8-20(26)16-22(21)30-25/h5-10,13,16-17H,11-12,14-15,18H2,1-4H3;3-10,13,16-17H,11-12,14-15H2,1-2H3;4-9,12,15-16H,3,10-11,13-14H2,1-2H3. The summed E-state index contributed by atoms with van der Waals surface area (Å²) in [5.41, 5.74) is 6.33. The zero-order valence-electron chi connectivity index (χ0n) is 57.3. The molecule has 6 aromatic carbocycles. The first-order chi connectivity index (χ1) is 47.9. The molecule has 15 rings (SSSR count). The average Bonchev–Trinajstić information content (AvgIpc) is 1.41. The number of para-hydroxylation sites is 2. The number of fused-ring (bicyclic) bond motifs is 12. The fourth-order valence-electron chi connectivity index (χ4n) is 14.5. The van der Waals surface area contributed by atoms with Crippen molar-refractivity contribution in [3.8, 4) is 51.6 Å². The van der Waals surface area contributed by atoms with Crippen LogP contribution < -0.4 is 28.4 Å². The molecule has 6 aliphatic rings. The summed E-state index contributed by atoms with van der Waals surface area (Å²) in [6.07, 6.45) is 5.50. The second-order valence-electron chi connectivity index (χ2n) is 27.1. The fourth-order valence-corrected chi connectivity index (χ4v) is 14.5. The maximum absolute atomic E-state index is 14.0. The van der Waals surface area contributed by atoms with E-state index in [-0.39, 0.29) is 34.8 Å². The molecular formula is C79H81F5N6O10. The molecule has 0 aliphatic carbocycles. The molecule has 6 aliphatic heterocycles. The van der Waals surface area contributed by atoms with Gasteiger partial charge in [-0.1, -0.05) is 25.1 Å². The van der Waals surface area contributed by atoms with E-state index in [4.69, 9.17) is 33.2 Å². The molecule has 3 amide bonds. The Morgan fingerprint density at radius 2 is 0.940 bits per heavy atom. The fraction of sp³-hybridized carbons (Fsp3) is 0.354. The number of ether oxygens (including phenoxy) is 7. The van der Waals surface area contributed by atoms with E-state index in [9.17, 15) is 36.3 Å². The third-order valence-corrected chi connectivity index (χ3v) is 20.0. The monoisotopic (exact) mass is 1370 g/mol. The second kappa shape index (κ2) is 27.3. The van der Waals surface area contributed by atoms with Gasteiger partial charge in [0.25, 0.3) is 17.7 Å². The summed E-state index contributed by atoms with van der Waals surface area (Å²) in [4.78, 5) is 44.9. The number of aryl methyl sites for hydroxylation is 2. The van der Waals surface area contributed by atoms with Crippen molar-refractivity contribution in [1.29, 1.82) is 0 Å². The van der Waals surface area contributed by atoms with Crippen LogP contribution in [0.5, 0.6) is 34.5 Å². The van der Waals surface area contributed by atoms with Crippen LogP contribution in [0.2, 0.25) is 0 Å². The van der Waals surface area contributed by atoms with Crippen molar-refractivity contribution < 1.29 is 69.5 Å². The average molecular weight is 1370 g/mol. The summed E-state index contributed by atoms with van der Waals surface area (Å²) in [6, 6.07) is 43.9. The number of carbonyl (C=O) groups is 3. The minimum absolute atomic E-state index is 0.00216. The minimum Gasteiger partial charge on any atom is -0.493 e. The summed E-state index contributed by atoms with van der Waals surface area (Å²) in [5, 5.41) is 0. The van der Waals surface area contributed by atoms with Gasteiger partial charge in [0.2, 0.25) is 0 Å². The van der Waals surface area contributed by atoms with Gasteiger partial charge < -0.3 is 61.6 Å². The lowest BCUT2D eigenvalue weighted by Crippen LogP contribution is -2.50. The highest BCUT2D eigenvalue weighted by atomic mass is 19.4. The van der Waals surface area contributed by atoms with Crippen molar-refractivity contribution in [2.75, 3.05) is 60.1 Å². The quantitative estimate of drug-likeness (QED) is 0.115. The van der Waals surface area contributed by atoms with Crippen molar-refractivity contribution in [2.45, 2.75) is 121 Å². The Hall–Kier alpha value is -10.0. The normalized spacial score (nSPS) is 16.5. The summed E-state index contributed by atoms with van der Waals surface area (Å²) >= 11 is 0. The van der Waals surface area contributed by atoms with Crippen LogP contribution in [-0.2, 0) is 34.1 Å². The van der Waals surface area contributed by atoms with E-state index in [1.165, 1.54) is 42.0 Å². The SMILES string of the molecule is CC(C)Oc1ccc(C(=O)N2CCC3(CC2)Oc2ccccc2-n2cccc23)cc1C(F)(F)F.CCc1ccc(C(=O)N2CCC3(CC2)Oc2cc(F)ccc2-n2cccc23)cc1C.COc1cc(C(=O)N2CCC3(CC2)Oc2cc(F)ccc2-n2cccc23)ccc1OCC(C)(C)OC. The number of hydrogen-bond acceptors (Lipinski definition) is 10. The van der Waals surface area contributed by atoms with Crippen LogP contribution >= 0.6 is 0 Å². The zero-order chi connectivity index (χ0) is 70.5. The Labute approximate surface area is 578 Å². The van der Waals surface area contributed by atoms with Gasteiger partial charge in [0.05, 0.1) is 58.5 Å². The van der Waals surface area contributed by atoms with Gasteiger partial charge in [0.15, 0.2) is 28.3 Å². The molecule has 9 heterocycles. The van der Waals surface area contributed by atoms with Gasteiger partial charge in [-0.15, -0.1) is 0 Å². The number of aromatic nitrogens is 3. The minimum atomic E-state index is -4.62. The zero-order valence-corrected chi connectivity index (χ0v) is 57.3. The molecule has 21 heteroatoms.